The molecule has 1 fully saturated rings. The Balaban J connectivity index is 2.23. The third-order valence-electron chi connectivity index (χ3n) is 3.17. The summed E-state index contributed by atoms with van der Waals surface area (Å²) in [4.78, 5) is 11.1. The molecule has 1 aliphatic rings. The van der Waals surface area contributed by atoms with Crippen molar-refractivity contribution in [3.05, 3.63) is 35.4 Å². The van der Waals surface area contributed by atoms with Crippen LogP contribution < -0.4 is 5.73 Å². The number of benzene rings is 1. The van der Waals surface area contributed by atoms with Gasteiger partial charge in [-0.25, -0.2) is 0 Å². The standard InChI is InChI=1S/C14H15NO2/c1-10-5-3-4-6-11(10)7-8-14(17-2)9-12(14)13(15)16/h3-6,12H,9H2,1-2H3,(H2,15,16)/t12-,14+/m0/s1. The molecule has 0 heterocycles. The van der Waals surface area contributed by atoms with Crippen molar-refractivity contribution in [3.8, 4) is 11.8 Å². The van der Waals surface area contributed by atoms with Gasteiger partial charge in [0.05, 0.1) is 5.92 Å². The summed E-state index contributed by atoms with van der Waals surface area (Å²) in [5, 5.41) is 0. The third-order valence-corrected chi connectivity index (χ3v) is 3.17. The quantitative estimate of drug-likeness (QED) is 0.776. The van der Waals surface area contributed by atoms with E-state index in [-0.39, 0.29) is 11.8 Å². The lowest BCUT2D eigenvalue weighted by Gasteiger charge is -2.05. The number of aryl methyl sites for hydroxylation is 1. The van der Waals surface area contributed by atoms with Gasteiger partial charge in [-0.3, -0.25) is 4.79 Å². The highest BCUT2D eigenvalue weighted by Crippen LogP contribution is 2.45. The molecule has 0 aliphatic heterocycles. The van der Waals surface area contributed by atoms with Crippen molar-refractivity contribution in [2.75, 3.05) is 7.11 Å². The second kappa shape index (κ2) is 4.23. The maximum atomic E-state index is 11.1. The van der Waals surface area contributed by atoms with Gasteiger partial charge in [-0.05, 0) is 18.6 Å². The van der Waals surface area contributed by atoms with Crippen LogP contribution in [-0.2, 0) is 9.53 Å². The second-order valence-electron chi connectivity index (χ2n) is 4.32. The van der Waals surface area contributed by atoms with E-state index in [1.165, 1.54) is 0 Å². The van der Waals surface area contributed by atoms with Gasteiger partial charge in [0.25, 0.3) is 0 Å². The molecular formula is C14H15NO2. The molecule has 0 aromatic heterocycles. The maximum absolute atomic E-state index is 11.1. The van der Waals surface area contributed by atoms with Gasteiger partial charge in [0.2, 0.25) is 5.91 Å². The number of ether oxygens (including phenoxy) is 1. The first-order valence-corrected chi connectivity index (χ1v) is 5.52. The molecular weight excluding hydrogens is 214 g/mol. The molecule has 3 heteroatoms. The van der Waals surface area contributed by atoms with Crippen LogP contribution in [0.5, 0.6) is 0 Å². The zero-order valence-corrected chi connectivity index (χ0v) is 9.99. The highest BCUT2D eigenvalue weighted by atomic mass is 16.5. The van der Waals surface area contributed by atoms with E-state index in [0.29, 0.717) is 6.42 Å². The Morgan fingerprint density at radius 1 is 1.53 bits per heavy atom. The summed E-state index contributed by atoms with van der Waals surface area (Å²) < 4.78 is 5.31. The number of carbonyl (C=O) groups excluding carboxylic acids is 1. The summed E-state index contributed by atoms with van der Waals surface area (Å²) in [6.45, 7) is 2.00. The zero-order valence-electron chi connectivity index (χ0n) is 9.99. The van der Waals surface area contributed by atoms with Crippen molar-refractivity contribution in [1.82, 2.24) is 0 Å². The van der Waals surface area contributed by atoms with Crippen molar-refractivity contribution in [1.29, 1.82) is 0 Å². The van der Waals surface area contributed by atoms with Crippen LogP contribution in [0.2, 0.25) is 0 Å². The first kappa shape index (κ1) is 11.7. The van der Waals surface area contributed by atoms with Crippen molar-refractivity contribution in [3.63, 3.8) is 0 Å². The van der Waals surface area contributed by atoms with Crippen LogP contribution in [0.4, 0.5) is 0 Å². The normalized spacial score (nSPS) is 25.9. The topological polar surface area (TPSA) is 52.3 Å². The first-order valence-electron chi connectivity index (χ1n) is 5.52. The van der Waals surface area contributed by atoms with Gasteiger partial charge in [0, 0.05) is 19.1 Å². The fourth-order valence-corrected chi connectivity index (χ4v) is 1.88. The van der Waals surface area contributed by atoms with Crippen molar-refractivity contribution >= 4 is 5.91 Å². The Bertz CT molecular complexity index is 512. The minimum Gasteiger partial charge on any atom is -0.369 e. The zero-order chi connectivity index (χ0) is 12.5. The molecule has 0 saturated heterocycles. The summed E-state index contributed by atoms with van der Waals surface area (Å²) >= 11 is 0. The van der Waals surface area contributed by atoms with E-state index in [1.54, 1.807) is 7.11 Å². The molecule has 1 aromatic carbocycles. The molecule has 2 atom stereocenters. The highest BCUT2D eigenvalue weighted by molar-refractivity contribution is 5.83. The molecule has 1 amide bonds. The number of rotatable bonds is 2. The van der Waals surface area contributed by atoms with Crippen LogP contribution >= 0.6 is 0 Å². The second-order valence-corrected chi connectivity index (χ2v) is 4.32. The van der Waals surface area contributed by atoms with Crippen LogP contribution in [0.3, 0.4) is 0 Å². The summed E-state index contributed by atoms with van der Waals surface area (Å²) in [7, 11) is 1.56. The molecule has 0 unspecified atom stereocenters. The Labute approximate surface area is 101 Å². The smallest absolute Gasteiger partial charge is 0.224 e. The van der Waals surface area contributed by atoms with Crippen LogP contribution in [0.25, 0.3) is 0 Å². The van der Waals surface area contributed by atoms with Crippen molar-refractivity contribution in [2.24, 2.45) is 11.7 Å². The number of hydrogen-bond donors (Lipinski definition) is 1. The molecule has 17 heavy (non-hydrogen) atoms. The number of methoxy groups -OCH3 is 1. The van der Waals surface area contributed by atoms with Crippen molar-refractivity contribution in [2.45, 2.75) is 18.9 Å². The molecule has 3 nitrogen and oxygen atoms in total. The highest BCUT2D eigenvalue weighted by Gasteiger charge is 2.57. The van der Waals surface area contributed by atoms with Gasteiger partial charge in [0.15, 0.2) is 0 Å². The molecule has 2 rings (SSSR count). The lowest BCUT2D eigenvalue weighted by atomic mass is 10.1. The van der Waals surface area contributed by atoms with Crippen LogP contribution in [0.15, 0.2) is 24.3 Å². The fraction of sp³-hybridized carbons (Fsp3) is 0.357. The average Bonchev–Trinajstić information content (AvgIpc) is 3.04. The van der Waals surface area contributed by atoms with E-state index in [0.717, 1.165) is 11.1 Å². The van der Waals surface area contributed by atoms with Gasteiger partial charge in [-0.2, -0.15) is 0 Å². The fourth-order valence-electron chi connectivity index (χ4n) is 1.88. The Morgan fingerprint density at radius 2 is 2.24 bits per heavy atom. The van der Waals surface area contributed by atoms with Crippen molar-refractivity contribution < 1.29 is 9.53 Å². The van der Waals surface area contributed by atoms with Gasteiger partial charge in [-0.15, -0.1) is 0 Å². The van der Waals surface area contributed by atoms with E-state index in [4.69, 9.17) is 10.5 Å². The Morgan fingerprint density at radius 3 is 2.76 bits per heavy atom. The molecule has 0 bridgehead atoms. The van der Waals surface area contributed by atoms with E-state index >= 15 is 0 Å². The van der Waals surface area contributed by atoms with Crippen LogP contribution in [0, 0.1) is 24.7 Å². The van der Waals surface area contributed by atoms with Crippen LogP contribution in [-0.4, -0.2) is 18.6 Å². The predicted molar refractivity (Wildman–Crippen MR) is 65.1 cm³/mol. The number of nitrogens with two attached hydrogens (primary N) is 1. The number of amides is 1. The molecule has 88 valence electrons. The van der Waals surface area contributed by atoms with Crippen LogP contribution in [0.1, 0.15) is 17.5 Å². The summed E-state index contributed by atoms with van der Waals surface area (Å²) in [6, 6.07) is 7.86. The lowest BCUT2D eigenvalue weighted by molar-refractivity contribution is -0.120. The molecule has 1 aromatic rings. The number of primary amides is 1. The lowest BCUT2D eigenvalue weighted by Crippen LogP contribution is -2.22. The first-order chi connectivity index (χ1) is 8.09. The number of carbonyl (C=O) groups is 1. The monoisotopic (exact) mass is 229 g/mol. The van der Waals surface area contributed by atoms with Gasteiger partial charge < -0.3 is 10.5 Å². The molecule has 0 radical (unpaired) electrons. The molecule has 1 aliphatic carbocycles. The van der Waals surface area contributed by atoms with Gasteiger partial charge in [0.1, 0.15) is 5.60 Å². The largest absolute Gasteiger partial charge is 0.369 e. The van der Waals surface area contributed by atoms with E-state index in [2.05, 4.69) is 11.8 Å². The van der Waals surface area contributed by atoms with E-state index in [9.17, 15) is 4.79 Å². The predicted octanol–water partition coefficient (Wildman–Crippen LogP) is 1.24. The van der Waals surface area contributed by atoms with E-state index in [1.807, 2.05) is 31.2 Å². The van der Waals surface area contributed by atoms with Gasteiger partial charge in [-0.1, -0.05) is 30.0 Å². The minimum atomic E-state index is -0.659. The molecule has 2 N–H and O–H groups in total. The number of hydrogen-bond acceptors (Lipinski definition) is 2. The minimum absolute atomic E-state index is 0.274. The maximum Gasteiger partial charge on any atom is 0.224 e. The Hall–Kier alpha value is -1.79. The molecule has 1 saturated carbocycles. The summed E-state index contributed by atoms with van der Waals surface area (Å²) in [5.74, 6) is 5.49. The molecule has 0 spiro atoms. The summed E-state index contributed by atoms with van der Waals surface area (Å²) in [5.41, 5.74) is 6.67. The van der Waals surface area contributed by atoms with E-state index < -0.39 is 5.60 Å². The third kappa shape index (κ3) is 2.17. The summed E-state index contributed by atoms with van der Waals surface area (Å²) in [6.07, 6.45) is 0.595. The van der Waals surface area contributed by atoms with Gasteiger partial charge >= 0.3 is 0 Å². The SMILES string of the molecule is CO[C@]1(C#Cc2ccccc2C)C[C@H]1C(N)=O. The average molecular weight is 229 g/mol. The Kier molecular flexibility index (Phi) is 2.91.